The van der Waals surface area contributed by atoms with E-state index in [2.05, 4.69) is 30.4 Å². The number of carbonyl (C=O) groups is 1. The van der Waals surface area contributed by atoms with Crippen molar-refractivity contribution in [3.05, 3.63) is 83.7 Å². The topological polar surface area (TPSA) is 96.0 Å². The molecule has 0 saturated carbocycles. The van der Waals surface area contributed by atoms with Crippen LogP contribution in [0.25, 0.3) is 0 Å². The van der Waals surface area contributed by atoms with Crippen LogP contribution in [0, 0.1) is 0 Å². The van der Waals surface area contributed by atoms with E-state index in [0.29, 0.717) is 36.0 Å². The molecule has 0 spiro atoms. The fourth-order valence-corrected chi connectivity index (χ4v) is 3.87. The number of benzene rings is 2. The highest BCUT2D eigenvalue weighted by Crippen LogP contribution is 2.31. The summed E-state index contributed by atoms with van der Waals surface area (Å²) in [5.41, 5.74) is 2.41. The van der Waals surface area contributed by atoms with E-state index in [1.54, 1.807) is 24.4 Å². The Morgan fingerprint density at radius 3 is 2.78 bits per heavy atom. The molecule has 8 nitrogen and oxygen atoms in total. The van der Waals surface area contributed by atoms with Crippen LogP contribution in [0.4, 0.5) is 11.6 Å². The highest BCUT2D eigenvalue weighted by Gasteiger charge is 2.27. The lowest BCUT2D eigenvalue weighted by molar-refractivity contribution is 0.102. The molecule has 2 aromatic heterocycles. The summed E-state index contributed by atoms with van der Waals surface area (Å²) in [5.74, 6) is 2.43. The number of hydrogen-bond acceptors (Lipinski definition) is 7. The molecule has 1 aliphatic heterocycles. The van der Waals surface area contributed by atoms with Gasteiger partial charge in [0.15, 0.2) is 11.0 Å². The summed E-state index contributed by atoms with van der Waals surface area (Å²) in [6.45, 7) is 1.24. The highest BCUT2D eigenvalue weighted by atomic mass is 32.2. The number of hydrogen-bond donors (Lipinski definition) is 2. The standard InChI is InChI=1S/C23H20N6O2S/c1-32-23-24-11-10-20(25-23)29-13-18-19(14-29)27-28-21(18)26-22(30)15-6-5-9-17(12-15)31-16-7-3-2-4-8-16/h2-12H,13-14H2,1H3,(H2,26,27,28,30). The Kier molecular flexibility index (Phi) is 5.47. The number of ether oxygens (including phenoxy) is 1. The van der Waals surface area contributed by atoms with Crippen LogP contribution in [0.15, 0.2) is 72.0 Å². The van der Waals surface area contributed by atoms with E-state index in [-0.39, 0.29) is 5.91 Å². The fraction of sp³-hybridized carbons (Fsp3) is 0.130. The van der Waals surface area contributed by atoms with Gasteiger partial charge in [-0.25, -0.2) is 9.97 Å². The highest BCUT2D eigenvalue weighted by molar-refractivity contribution is 7.98. The first kappa shape index (κ1) is 20.1. The average molecular weight is 445 g/mol. The maximum absolute atomic E-state index is 12.9. The maximum atomic E-state index is 12.9. The second-order valence-electron chi connectivity index (χ2n) is 7.18. The van der Waals surface area contributed by atoms with Crippen molar-refractivity contribution in [3.63, 3.8) is 0 Å². The molecule has 0 bridgehead atoms. The number of nitrogens with one attached hydrogen (secondary N) is 2. The van der Waals surface area contributed by atoms with Gasteiger partial charge in [-0.15, -0.1) is 0 Å². The van der Waals surface area contributed by atoms with Gasteiger partial charge < -0.3 is 15.0 Å². The molecule has 0 unspecified atom stereocenters. The largest absolute Gasteiger partial charge is 0.457 e. The van der Waals surface area contributed by atoms with Crippen LogP contribution in [0.1, 0.15) is 21.6 Å². The Morgan fingerprint density at radius 1 is 1.09 bits per heavy atom. The molecular weight excluding hydrogens is 424 g/mol. The van der Waals surface area contributed by atoms with Crippen molar-refractivity contribution in [2.24, 2.45) is 0 Å². The molecule has 1 aliphatic rings. The molecular formula is C23H20N6O2S. The van der Waals surface area contributed by atoms with Crippen LogP contribution in [-0.4, -0.2) is 32.3 Å². The third-order valence-electron chi connectivity index (χ3n) is 5.08. The van der Waals surface area contributed by atoms with E-state index in [1.807, 2.05) is 48.7 Å². The normalized spacial score (nSPS) is 12.5. The smallest absolute Gasteiger partial charge is 0.257 e. The molecule has 0 aliphatic carbocycles. The minimum Gasteiger partial charge on any atom is -0.457 e. The Labute approximate surface area is 189 Å². The molecule has 1 amide bonds. The van der Waals surface area contributed by atoms with Gasteiger partial charge in [0, 0.05) is 17.3 Å². The first-order chi connectivity index (χ1) is 15.7. The van der Waals surface area contributed by atoms with Gasteiger partial charge in [-0.05, 0) is 42.7 Å². The van der Waals surface area contributed by atoms with Gasteiger partial charge in [0.1, 0.15) is 17.3 Å². The number of aromatic amines is 1. The van der Waals surface area contributed by atoms with Gasteiger partial charge in [0.05, 0.1) is 18.8 Å². The molecule has 32 heavy (non-hydrogen) atoms. The van der Waals surface area contributed by atoms with Crippen LogP contribution in [-0.2, 0) is 13.1 Å². The monoisotopic (exact) mass is 444 g/mol. The van der Waals surface area contributed by atoms with Crippen molar-refractivity contribution in [1.29, 1.82) is 0 Å². The molecule has 2 N–H and O–H groups in total. The quantitative estimate of drug-likeness (QED) is 0.334. The lowest BCUT2D eigenvalue weighted by Gasteiger charge is -2.16. The fourth-order valence-electron chi connectivity index (χ4n) is 3.52. The zero-order valence-corrected chi connectivity index (χ0v) is 18.1. The zero-order chi connectivity index (χ0) is 21.9. The summed E-state index contributed by atoms with van der Waals surface area (Å²) >= 11 is 1.50. The molecule has 0 saturated heterocycles. The molecule has 3 heterocycles. The number of rotatable bonds is 6. The molecule has 2 aromatic carbocycles. The van der Waals surface area contributed by atoms with E-state index in [9.17, 15) is 4.79 Å². The zero-order valence-electron chi connectivity index (χ0n) is 17.3. The van der Waals surface area contributed by atoms with Crippen LogP contribution in [0.2, 0.25) is 0 Å². The van der Waals surface area contributed by atoms with Crippen LogP contribution < -0.4 is 15.0 Å². The third kappa shape index (κ3) is 4.15. The first-order valence-corrected chi connectivity index (χ1v) is 11.2. The van der Waals surface area contributed by atoms with Crippen molar-refractivity contribution in [1.82, 2.24) is 20.2 Å². The number of H-pyrrole nitrogens is 1. The summed E-state index contributed by atoms with van der Waals surface area (Å²) in [7, 11) is 0. The number of carbonyl (C=O) groups excluding carboxylic acids is 1. The van der Waals surface area contributed by atoms with Crippen molar-refractivity contribution >= 4 is 29.3 Å². The summed E-state index contributed by atoms with van der Waals surface area (Å²) in [5, 5.41) is 11.0. The Bertz CT molecular complexity index is 1260. The lowest BCUT2D eigenvalue weighted by Crippen LogP contribution is -2.18. The molecule has 0 radical (unpaired) electrons. The second-order valence-corrected chi connectivity index (χ2v) is 7.96. The molecule has 4 aromatic rings. The number of nitrogens with zero attached hydrogens (tertiary/aromatic N) is 4. The summed E-state index contributed by atoms with van der Waals surface area (Å²) in [6, 6.07) is 18.4. The predicted octanol–water partition coefficient (Wildman–Crippen LogP) is 4.49. The first-order valence-electron chi connectivity index (χ1n) is 10.0. The van der Waals surface area contributed by atoms with Gasteiger partial charge in [-0.3, -0.25) is 9.89 Å². The van der Waals surface area contributed by atoms with E-state index in [0.717, 1.165) is 22.2 Å². The van der Waals surface area contributed by atoms with E-state index in [1.165, 1.54) is 11.8 Å². The van der Waals surface area contributed by atoms with Crippen LogP contribution in [0.5, 0.6) is 11.5 Å². The minimum absolute atomic E-state index is 0.247. The van der Waals surface area contributed by atoms with Crippen molar-refractivity contribution < 1.29 is 9.53 Å². The summed E-state index contributed by atoms with van der Waals surface area (Å²) < 4.78 is 5.84. The molecule has 160 valence electrons. The Balaban J connectivity index is 1.30. The lowest BCUT2D eigenvalue weighted by atomic mass is 10.2. The molecule has 0 atom stereocenters. The number of thioether (sulfide) groups is 1. The summed E-state index contributed by atoms with van der Waals surface area (Å²) in [6.07, 6.45) is 3.70. The van der Waals surface area contributed by atoms with Crippen molar-refractivity contribution in [3.8, 4) is 11.5 Å². The van der Waals surface area contributed by atoms with Gasteiger partial charge in [0.25, 0.3) is 5.91 Å². The van der Waals surface area contributed by atoms with Crippen molar-refractivity contribution in [2.45, 2.75) is 18.2 Å². The van der Waals surface area contributed by atoms with Gasteiger partial charge in [0.2, 0.25) is 0 Å². The Morgan fingerprint density at radius 2 is 1.94 bits per heavy atom. The number of anilines is 2. The third-order valence-corrected chi connectivity index (χ3v) is 5.64. The number of aromatic nitrogens is 4. The van der Waals surface area contributed by atoms with E-state index in [4.69, 9.17) is 4.74 Å². The predicted molar refractivity (Wildman–Crippen MR) is 123 cm³/mol. The second kappa shape index (κ2) is 8.72. The molecule has 5 rings (SSSR count). The number of fused-ring (bicyclic) bond motifs is 1. The van der Waals surface area contributed by atoms with Crippen LogP contribution in [0.3, 0.4) is 0 Å². The Hall–Kier alpha value is -3.85. The number of para-hydroxylation sites is 1. The van der Waals surface area contributed by atoms with Gasteiger partial charge in [-0.2, -0.15) is 5.10 Å². The van der Waals surface area contributed by atoms with Gasteiger partial charge in [-0.1, -0.05) is 36.0 Å². The molecule has 0 fully saturated rings. The number of amides is 1. The van der Waals surface area contributed by atoms with E-state index >= 15 is 0 Å². The molecule has 9 heteroatoms. The van der Waals surface area contributed by atoms with E-state index < -0.39 is 0 Å². The maximum Gasteiger partial charge on any atom is 0.257 e. The van der Waals surface area contributed by atoms with Crippen molar-refractivity contribution in [2.75, 3.05) is 16.5 Å². The minimum atomic E-state index is -0.247. The summed E-state index contributed by atoms with van der Waals surface area (Å²) in [4.78, 5) is 23.8. The van der Waals surface area contributed by atoms with Crippen LogP contribution >= 0.6 is 11.8 Å². The average Bonchev–Trinajstić information content (AvgIpc) is 3.42. The van der Waals surface area contributed by atoms with Gasteiger partial charge >= 0.3 is 0 Å². The SMILES string of the molecule is CSc1nccc(N2Cc3[nH]nc(NC(=O)c4cccc(Oc5ccccc5)c4)c3C2)n1.